The van der Waals surface area contributed by atoms with Gasteiger partial charge in [-0.15, -0.1) is 0 Å². The summed E-state index contributed by atoms with van der Waals surface area (Å²) in [4.78, 5) is 18.7. The fourth-order valence-corrected chi connectivity index (χ4v) is 3.06. The minimum atomic E-state index is 0.0798. The number of nitrogens with zero attached hydrogens (tertiary/aromatic N) is 2. The zero-order chi connectivity index (χ0) is 15.9. The summed E-state index contributed by atoms with van der Waals surface area (Å²) in [6, 6.07) is 7.86. The van der Waals surface area contributed by atoms with Crippen LogP contribution in [0.15, 0.2) is 47.3 Å². The van der Waals surface area contributed by atoms with Gasteiger partial charge in [0, 0.05) is 25.5 Å². The van der Waals surface area contributed by atoms with Crippen molar-refractivity contribution in [3.63, 3.8) is 0 Å². The standard InChI is InChI=1S/C18H23N3O2/c22-18(20-10-7-15-5-8-19-9-6-15)16-3-1-11-21(13-16)14-17-4-2-12-23-17/h2,4-6,8-9,12,16H,1,3,7,10-11,13-14H2,(H,20,22)/t16-/m1/s1. The lowest BCUT2D eigenvalue weighted by Gasteiger charge is -2.31. The van der Waals surface area contributed by atoms with Gasteiger partial charge in [-0.25, -0.2) is 0 Å². The van der Waals surface area contributed by atoms with Crippen molar-refractivity contribution in [2.45, 2.75) is 25.8 Å². The van der Waals surface area contributed by atoms with Crippen LogP contribution in [0.3, 0.4) is 0 Å². The normalized spacial score (nSPS) is 18.7. The highest BCUT2D eigenvalue weighted by molar-refractivity contribution is 5.78. The van der Waals surface area contributed by atoms with Gasteiger partial charge in [-0.2, -0.15) is 0 Å². The molecule has 1 saturated heterocycles. The fourth-order valence-electron chi connectivity index (χ4n) is 3.06. The lowest BCUT2D eigenvalue weighted by Crippen LogP contribution is -2.43. The number of rotatable bonds is 6. The summed E-state index contributed by atoms with van der Waals surface area (Å²) in [6.07, 6.45) is 8.13. The Kier molecular flexibility index (Phi) is 5.42. The maximum absolute atomic E-state index is 12.4. The highest BCUT2D eigenvalue weighted by Crippen LogP contribution is 2.19. The topological polar surface area (TPSA) is 58.4 Å². The molecule has 5 nitrogen and oxygen atoms in total. The number of carbonyl (C=O) groups excluding carboxylic acids is 1. The van der Waals surface area contributed by atoms with E-state index in [-0.39, 0.29) is 11.8 Å². The van der Waals surface area contributed by atoms with Gasteiger partial charge >= 0.3 is 0 Å². The number of hydrogen-bond donors (Lipinski definition) is 1. The van der Waals surface area contributed by atoms with Gasteiger partial charge < -0.3 is 9.73 Å². The quantitative estimate of drug-likeness (QED) is 0.888. The number of pyridine rings is 1. The van der Waals surface area contributed by atoms with E-state index in [4.69, 9.17) is 4.42 Å². The van der Waals surface area contributed by atoms with Crippen LogP contribution >= 0.6 is 0 Å². The van der Waals surface area contributed by atoms with Crippen molar-refractivity contribution in [3.8, 4) is 0 Å². The Morgan fingerprint density at radius 1 is 1.35 bits per heavy atom. The van der Waals surface area contributed by atoms with E-state index in [2.05, 4.69) is 15.2 Å². The van der Waals surface area contributed by atoms with E-state index in [1.807, 2.05) is 24.3 Å². The zero-order valence-electron chi connectivity index (χ0n) is 13.3. The van der Waals surface area contributed by atoms with Gasteiger partial charge in [-0.3, -0.25) is 14.7 Å². The molecule has 1 aliphatic rings. The third kappa shape index (κ3) is 4.66. The van der Waals surface area contributed by atoms with Crippen LogP contribution in [-0.4, -0.2) is 35.4 Å². The van der Waals surface area contributed by atoms with E-state index in [9.17, 15) is 4.79 Å². The van der Waals surface area contributed by atoms with E-state index in [1.54, 1.807) is 18.7 Å². The number of likely N-dealkylation sites (tertiary alicyclic amines) is 1. The van der Waals surface area contributed by atoms with Gasteiger partial charge in [0.05, 0.1) is 18.7 Å². The SMILES string of the molecule is O=C(NCCc1ccncc1)[C@@H]1CCCN(Cc2ccco2)C1. The van der Waals surface area contributed by atoms with Crippen LogP contribution in [0.1, 0.15) is 24.2 Å². The van der Waals surface area contributed by atoms with Gasteiger partial charge in [0.2, 0.25) is 5.91 Å². The number of amides is 1. The number of aromatic nitrogens is 1. The Hall–Kier alpha value is -2.14. The summed E-state index contributed by atoms with van der Waals surface area (Å²) < 4.78 is 5.40. The zero-order valence-corrected chi connectivity index (χ0v) is 13.3. The van der Waals surface area contributed by atoms with Crippen molar-refractivity contribution in [1.82, 2.24) is 15.2 Å². The molecule has 1 aliphatic heterocycles. The fraction of sp³-hybridized carbons (Fsp3) is 0.444. The summed E-state index contributed by atoms with van der Waals surface area (Å²) >= 11 is 0. The summed E-state index contributed by atoms with van der Waals surface area (Å²) in [5.74, 6) is 1.21. The van der Waals surface area contributed by atoms with Crippen LogP contribution in [0, 0.1) is 5.92 Å². The number of carbonyl (C=O) groups is 1. The van der Waals surface area contributed by atoms with Crippen LogP contribution in [0.5, 0.6) is 0 Å². The minimum absolute atomic E-state index is 0.0798. The van der Waals surface area contributed by atoms with E-state index < -0.39 is 0 Å². The molecule has 0 unspecified atom stereocenters. The molecule has 122 valence electrons. The van der Waals surface area contributed by atoms with Gasteiger partial charge in [0.15, 0.2) is 0 Å². The van der Waals surface area contributed by atoms with Crippen LogP contribution in [-0.2, 0) is 17.8 Å². The predicted molar refractivity (Wildman–Crippen MR) is 87.7 cm³/mol. The number of hydrogen-bond acceptors (Lipinski definition) is 4. The molecule has 2 aromatic rings. The number of furan rings is 1. The smallest absolute Gasteiger partial charge is 0.224 e. The molecule has 1 N–H and O–H groups in total. The van der Waals surface area contributed by atoms with Crippen LogP contribution in [0.2, 0.25) is 0 Å². The van der Waals surface area contributed by atoms with E-state index >= 15 is 0 Å². The molecule has 0 spiro atoms. The summed E-state index contributed by atoms with van der Waals surface area (Å²) in [5, 5.41) is 3.07. The Bertz CT molecular complexity index is 598. The average molecular weight is 313 g/mol. The molecule has 23 heavy (non-hydrogen) atoms. The first-order chi connectivity index (χ1) is 11.3. The van der Waals surface area contributed by atoms with Gasteiger partial charge in [0.25, 0.3) is 0 Å². The van der Waals surface area contributed by atoms with Crippen molar-refractivity contribution in [1.29, 1.82) is 0 Å². The molecule has 2 aromatic heterocycles. The Morgan fingerprint density at radius 2 is 2.22 bits per heavy atom. The lowest BCUT2D eigenvalue weighted by molar-refractivity contribution is -0.126. The van der Waals surface area contributed by atoms with E-state index in [0.717, 1.165) is 44.7 Å². The lowest BCUT2D eigenvalue weighted by atomic mass is 9.97. The molecule has 3 heterocycles. The van der Waals surface area contributed by atoms with Crippen molar-refractivity contribution >= 4 is 5.91 Å². The molecule has 0 saturated carbocycles. The van der Waals surface area contributed by atoms with Gasteiger partial charge in [-0.1, -0.05) is 0 Å². The number of nitrogens with one attached hydrogen (secondary N) is 1. The first-order valence-corrected chi connectivity index (χ1v) is 8.22. The highest BCUT2D eigenvalue weighted by atomic mass is 16.3. The highest BCUT2D eigenvalue weighted by Gasteiger charge is 2.25. The van der Waals surface area contributed by atoms with Crippen LogP contribution < -0.4 is 5.32 Å². The van der Waals surface area contributed by atoms with Crippen molar-refractivity contribution < 1.29 is 9.21 Å². The number of piperidine rings is 1. The maximum atomic E-state index is 12.4. The first-order valence-electron chi connectivity index (χ1n) is 8.22. The molecule has 5 heteroatoms. The molecule has 1 atom stereocenters. The van der Waals surface area contributed by atoms with Gasteiger partial charge in [0.1, 0.15) is 5.76 Å². The second kappa shape index (κ2) is 7.92. The third-order valence-electron chi connectivity index (χ3n) is 4.30. The molecule has 0 bridgehead atoms. The second-order valence-electron chi connectivity index (χ2n) is 6.05. The monoisotopic (exact) mass is 313 g/mol. The molecule has 0 aliphatic carbocycles. The van der Waals surface area contributed by atoms with Crippen molar-refractivity contribution in [3.05, 3.63) is 54.2 Å². The molecule has 3 rings (SSSR count). The van der Waals surface area contributed by atoms with E-state index in [0.29, 0.717) is 6.54 Å². The summed E-state index contributed by atoms with van der Waals surface area (Å²) in [5.41, 5.74) is 1.20. The van der Waals surface area contributed by atoms with Crippen LogP contribution in [0.4, 0.5) is 0 Å². The second-order valence-corrected chi connectivity index (χ2v) is 6.05. The maximum Gasteiger partial charge on any atom is 0.224 e. The third-order valence-corrected chi connectivity index (χ3v) is 4.30. The average Bonchev–Trinajstić information content (AvgIpc) is 3.09. The van der Waals surface area contributed by atoms with E-state index in [1.165, 1.54) is 5.56 Å². The van der Waals surface area contributed by atoms with Crippen LogP contribution in [0.25, 0.3) is 0 Å². The largest absolute Gasteiger partial charge is 0.468 e. The summed E-state index contributed by atoms with van der Waals surface area (Å²) in [7, 11) is 0. The molecule has 1 fully saturated rings. The van der Waals surface area contributed by atoms with Gasteiger partial charge in [-0.05, 0) is 55.6 Å². The van der Waals surface area contributed by atoms with Crippen molar-refractivity contribution in [2.24, 2.45) is 5.92 Å². The molecule has 1 amide bonds. The minimum Gasteiger partial charge on any atom is -0.468 e. The Morgan fingerprint density at radius 3 is 3.00 bits per heavy atom. The van der Waals surface area contributed by atoms with Crippen molar-refractivity contribution in [2.75, 3.05) is 19.6 Å². The first kappa shape index (κ1) is 15.7. The Balaban J connectivity index is 1.43. The summed E-state index contributed by atoms with van der Waals surface area (Å²) in [6.45, 7) is 3.30. The molecule has 0 radical (unpaired) electrons. The molecular formula is C18H23N3O2. The Labute approximate surface area is 136 Å². The molecule has 0 aromatic carbocycles. The molecular weight excluding hydrogens is 290 g/mol. The predicted octanol–water partition coefficient (Wildman–Crippen LogP) is 2.25.